The van der Waals surface area contributed by atoms with Gasteiger partial charge in [0.25, 0.3) is 0 Å². The van der Waals surface area contributed by atoms with Gasteiger partial charge in [0.2, 0.25) is 0 Å². The molecule has 0 saturated carbocycles. The van der Waals surface area contributed by atoms with Gasteiger partial charge in [0.15, 0.2) is 0 Å². The summed E-state index contributed by atoms with van der Waals surface area (Å²) in [4.78, 5) is 16.1. The number of hydroxylamine groups is 2. The van der Waals surface area contributed by atoms with Gasteiger partial charge >= 0.3 is 18.3 Å². The highest BCUT2D eigenvalue weighted by Gasteiger charge is 2.43. The first-order valence-corrected chi connectivity index (χ1v) is 6.86. The second-order valence-corrected chi connectivity index (χ2v) is 5.12. The monoisotopic (exact) mass is 352 g/mol. The molecule has 1 aliphatic rings. The minimum absolute atomic E-state index is 0.0585. The fourth-order valence-electron chi connectivity index (χ4n) is 2.30. The second-order valence-electron chi connectivity index (χ2n) is 5.12. The van der Waals surface area contributed by atoms with Crippen LogP contribution in [0.5, 0.6) is 0 Å². The first-order chi connectivity index (χ1) is 10.5. The number of rotatable bonds is 6. The molecule has 11 heteroatoms. The molecule has 0 bridgehead atoms. The van der Waals surface area contributed by atoms with Gasteiger partial charge in [-0.15, -0.1) is 5.06 Å². The molecular weight excluding hydrogens is 334 g/mol. The van der Waals surface area contributed by atoms with E-state index in [0.717, 1.165) is 5.06 Å². The van der Waals surface area contributed by atoms with Crippen LogP contribution < -0.4 is 0 Å². The van der Waals surface area contributed by atoms with Crippen molar-refractivity contribution in [2.75, 3.05) is 39.9 Å². The van der Waals surface area contributed by atoms with E-state index in [2.05, 4.69) is 4.84 Å². The average Bonchev–Trinajstić information content (AvgIpc) is 2.42. The topological polar surface area (TPSA) is 42.0 Å². The Kier molecular flexibility index (Phi) is 7.08. The van der Waals surface area contributed by atoms with E-state index in [1.165, 1.54) is 12.0 Å². The maximum absolute atomic E-state index is 12.6. The summed E-state index contributed by atoms with van der Waals surface area (Å²) in [6.45, 7) is -1.08. The Morgan fingerprint density at radius 3 is 2.17 bits per heavy atom. The Hall–Kier alpha value is -1.07. The molecule has 0 atom stereocenters. The van der Waals surface area contributed by atoms with Gasteiger partial charge < -0.3 is 9.57 Å². The predicted octanol–water partition coefficient (Wildman–Crippen LogP) is 1.98. The lowest BCUT2D eigenvalue weighted by Crippen LogP contribution is -2.49. The maximum atomic E-state index is 12.6. The summed E-state index contributed by atoms with van der Waals surface area (Å²) >= 11 is 0. The van der Waals surface area contributed by atoms with E-state index in [4.69, 9.17) is 4.74 Å². The fraction of sp³-hybridized carbons (Fsp3) is 0.917. The molecular formula is C12H18F6N2O3. The molecule has 0 N–H and O–H groups in total. The molecule has 5 nitrogen and oxygen atoms in total. The molecule has 23 heavy (non-hydrogen) atoms. The van der Waals surface area contributed by atoms with Gasteiger partial charge in [0.05, 0.1) is 13.2 Å². The predicted molar refractivity (Wildman–Crippen MR) is 66.2 cm³/mol. The molecule has 0 aromatic heterocycles. The Balaban J connectivity index is 2.52. The minimum atomic E-state index is -5.10. The van der Waals surface area contributed by atoms with Crippen molar-refractivity contribution >= 4 is 5.97 Å². The first-order valence-electron chi connectivity index (χ1n) is 6.86. The number of ether oxygens (including phenoxy) is 1. The standard InChI is InChI=1S/C12H18F6N2O3/c1-22-7-6-19(8-11(13,14)15)9-2-4-20(5-3-9)23-10(21)12(16,17)18/h9H,2-8H2,1H3. The van der Waals surface area contributed by atoms with E-state index >= 15 is 0 Å². The number of alkyl halides is 6. The molecule has 0 amide bonds. The van der Waals surface area contributed by atoms with Crippen molar-refractivity contribution in [1.29, 1.82) is 0 Å². The van der Waals surface area contributed by atoms with Gasteiger partial charge in [-0.1, -0.05) is 0 Å². The number of carbonyl (C=O) groups is 1. The Morgan fingerprint density at radius 2 is 1.74 bits per heavy atom. The molecule has 1 aliphatic heterocycles. The Bertz CT molecular complexity index is 380. The van der Waals surface area contributed by atoms with Crippen molar-refractivity contribution in [3.8, 4) is 0 Å². The summed E-state index contributed by atoms with van der Waals surface area (Å²) in [7, 11) is 1.37. The first kappa shape index (κ1) is 20.0. The van der Waals surface area contributed by atoms with Crippen LogP contribution in [0.25, 0.3) is 0 Å². The van der Waals surface area contributed by atoms with E-state index < -0.39 is 30.9 Å². The maximum Gasteiger partial charge on any atom is 0.492 e. The van der Waals surface area contributed by atoms with Crippen molar-refractivity contribution < 1.29 is 40.7 Å². The van der Waals surface area contributed by atoms with Crippen molar-refractivity contribution in [2.45, 2.75) is 31.2 Å². The van der Waals surface area contributed by atoms with E-state index in [-0.39, 0.29) is 39.1 Å². The van der Waals surface area contributed by atoms with Crippen molar-refractivity contribution in [3.05, 3.63) is 0 Å². The molecule has 0 spiro atoms. The van der Waals surface area contributed by atoms with Crippen LogP contribution in [0, 0.1) is 0 Å². The highest BCUT2D eigenvalue weighted by atomic mass is 19.4. The van der Waals surface area contributed by atoms with Gasteiger partial charge in [0.1, 0.15) is 0 Å². The van der Waals surface area contributed by atoms with Crippen LogP contribution in [0.2, 0.25) is 0 Å². The summed E-state index contributed by atoms with van der Waals surface area (Å²) in [5.41, 5.74) is 0. The number of piperidine rings is 1. The van der Waals surface area contributed by atoms with E-state index in [1.54, 1.807) is 0 Å². The average molecular weight is 352 g/mol. The summed E-state index contributed by atoms with van der Waals surface area (Å²) in [5, 5.41) is 0.828. The Morgan fingerprint density at radius 1 is 1.17 bits per heavy atom. The summed E-state index contributed by atoms with van der Waals surface area (Å²) in [6, 6.07) is -0.465. The molecule has 136 valence electrons. The molecule has 1 heterocycles. The normalized spacial score (nSPS) is 18.4. The zero-order valence-electron chi connectivity index (χ0n) is 12.4. The minimum Gasteiger partial charge on any atom is -0.383 e. The van der Waals surface area contributed by atoms with Crippen LogP contribution in [0.15, 0.2) is 0 Å². The van der Waals surface area contributed by atoms with Crippen molar-refractivity contribution in [3.63, 3.8) is 0 Å². The lowest BCUT2D eigenvalue weighted by atomic mass is 10.0. The van der Waals surface area contributed by atoms with Gasteiger partial charge in [-0.3, -0.25) is 4.90 Å². The van der Waals surface area contributed by atoms with Gasteiger partial charge in [0, 0.05) is 32.8 Å². The van der Waals surface area contributed by atoms with Gasteiger partial charge in [-0.05, 0) is 12.8 Å². The van der Waals surface area contributed by atoms with E-state index in [9.17, 15) is 31.1 Å². The molecule has 0 aromatic rings. The quantitative estimate of drug-likeness (QED) is 0.684. The number of halogens is 6. The number of hydrogen-bond acceptors (Lipinski definition) is 5. The Labute approximate surface area is 129 Å². The molecule has 1 rings (SSSR count). The second kappa shape index (κ2) is 8.15. The fourth-order valence-corrected chi connectivity index (χ4v) is 2.30. The number of nitrogens with zero attached hydrogens (tertiary/aromatic N) is 2. The lowest BCUT2D eigenvalue weighted by Gasteiger charge is -2.37. The largest absolute Gasteiger partial charge is 0.492 e. The van der Waals surface area contributed by atoms with E-state index in [1.807, 2.05) is 0 Å². The molecule has 1 fully saturated rings. The lowest BCUT2D eigenvalue weighted by molar-refractivity contribution is -0.243. The van der Waals surface area contributed by atoms with Crippen molar-refractivity contribution in [1.82, 2.24) is 9.96 Å². The van der Waals surface area contributed by atoms with Crippen LogP contribution in [0.3, 0.4) is 0 Å². The highest BCUT2D eigenvalue weighted by molar-refractivity contribution is 5.75. The van der Waals surface area contributed by atoms with Crippen molar-refractivity contribution in [2.24, 2.45) is 0 Å². The number of carbonyl (C=O) groups excluding carboxylic acids is 1. The summed E-state index contributed by atoms with van der Waals surface area (Å²) in [5.74, 6) is -2.33. The third-order valence-corrected chi connectivity index (χ3v) is 3.35. The van der Waals surface area contributed by atoms with Crippen LogP contribution in [-0.2, 0) is 14.4 Å². The van der Waals surface area contributed by atoms with Crippen LogP contribution in [-0.4, -0.2) is 74.2 Å². The molecule has 0 unspecified atom stereocenters. The number of methoxy groups -OCH3 is 1. The van der Waals surface area contributed by atoms with Gasteiger partial charge in [-0.25, -0.2) is 4.79 Å². The van der Waals surface area contributed by atoms with Crippen LogP contribution in [0.4, 0.5) is 26.3 Å². The van der Waals surface area contributed by atoms with E-state index in [0.29, 0.717) is 0 Å². The number of hydrogen-bond donors (Lipinski definition) is 0. The highest BCUT2D eigenvalue weighted by Crippen LogP contribution is 2.24. The van der Waals surface area contributed by atoms with Gasteiger partial charge in [-0.2, -0.15) is 26.3 Å². The zero-order valence-corrected chi connectivity index (χ0v) is 12.4. The molecule has 0 aromatic carbocycles. The van der Waals surface area contributed by atoms with Crippen LogP contribution in [0.1, 0.15) is 12.8 Å². The summed E-state index contributed by atoms with van der Waals surface area (Å²) in [6.07, 6.45) is -9.17. The molecule has 0 radical (unpaired) electrons. The smallest absolute Gasteiger partial charge is 0.383 e. The summed E-state index contributed by atoms with van der Waals surface area (Å²) < 4.78 is 78.8. The van der Waals surface area contributed by atoms with Crippen LogP contribution >= 0.6 is 0 Å². The molecule has 0 aliphatic carbocycles. The third kappa shape index (κ3) is 7.36. The molecule has 1 saturated heterocycles. The zero-order chi connectivity index (χ0) is 17.7. The third-order valence-electron chi connectivity index (χ3n) is 3.35. The SMILES string of the molecule is COCCN(CC(F)(F)F)C1CCN(OC(=O)C(F)(F)F)CC1.